The summed E-state index contributed by atoms with van der Waals surface area (Å²) in [5.41, 5.74) is 3.28. The molecule has 22 heavy (non-hydrogen) atoms. The minimum atomic E-state index is -0.342. The van der Waals surface area contributed by atoms with Gasteiger partial charge in [-0.25, -0.2) is 4.68 Å². The third-order valence-corrected chi connectivity index (χ3v) is 4.40. The van der Waals surface area contributed by atoms with E-state index in [2.05, 4.69) is 12.0 Å². The van der Waals surface area contributed by atoms with E-state index in [0.717, 1.165) is 11.3 Å². The lowest BCUT2D eigenvalue weighted by molar-refractivity contribution is 0.0985. The summed E-state index contributed by atoms with van der Waals surface area (Å²) >= 11 is 0. The Labute approximate surface area is 129 Å². The molecule has 2 aromatic rings. The SMILES string of the molecule is Cc1nn(C)c(=O)c(C(=O)N2C[C@H](C)c3ccccc32)c1C. The first-order chi connectivity index (χ1) is 10.4. The number of nitrogens with zero attached hydrogens (tertiary/aromatic N) is 3. The second-order valence-corrected chi connectivity index (χ2v) is 5.89. The van der Waals surface area contributed by atoms with Crippen LogP contribution in [0.4, 0.5) is 5.69 Å². The van der Waals surface area contributed by atoms with Crippen LogP contribution in [0.25, 0.3) is 0 Å². The van der Waals surface area contributed by atoms with E-state index in [1.807, 2.05) is 31.2 Å². The van der Waals surface area contributed by atoms with Crippen molar-refractivity contribution in [3.63, 3.8) is 0 Å². The van der Waals surface area contributed by atoms with E-state index in [1.165, 1.54) is 4.68 Å². The molecule has 5 heteroatoms. The van der Waals surface area contributed by atoms with E-state index in [1.54, 1.807) is 18.9 Å². The number of aromatic nitrogens is 2. The average molecular weight is 297 g/mol. The van der Waals surface area contributed by atoms with Crippen molar-refractivity contribution in [2.24, 2.45) is 7.05 Å². The molecule has 1 aromatic heterocycles. The number of fused-ring (bicyclic) bond motifs is 1. The van der Waals surface area contributed by atoms with Crippen LogP contribution < -0.4 is 10.5 Å². The molecule has 0 aliphatic carbocycles. The van der Waals surface area contributed by atoms with Crippen LogP contribution in [0, 0.1) is 13.8 Å². The number of hydrogen-bond acceptors (Lipinski definition) is 3. The molecule has 2 heterocycles. The van der Waals surface area contributed by atoms with Gasteiger partial charge in [0.05, 0.1) is 5.69 Å². The Hall–Kier alpha value is -2.43. The topological polar surface area (TPSA) is 55.2 Å². The monoisotopic (exact) mass is 297 g/mol. The van der Waals surface area contributed by atoms with Crippen molar-refractivity contribution in [2.45, 2.75) is 26.7 Å². The van der Waals surface area contributed by atoms with Gasteiger partial charge in [-0.05, 0) is 31.0 Å². The van der Waals surface area contributed by atoms with Gasteiger partial charge in [-0.15, -0.1) is 0 Å². The van der Waals surface area contributed by atoms with Crippen molar-refractivity contribution >= 4 is 11.6 Å². The average Bonchev–Trinajstić information content (AvgIpc) is 2.83. The summed E-state index contributed by atoms with van der Waals surface area (Å²) in [6.07, 6.45) is 0. The number of rotatable bonds is 1. The fourth-order valence-corrected chi connectivity index (χ4v) is 3.05. The van der Waals surface area contributed by atoms with Crippen molar-refractivity contribution in [2.75, 3.05) is 11.4 Å². The van der Waals surface area contributed by atoms with Crippen LogP contribution in [-0.4, -0.2) is 22.2 Å². The Kier molecular flexibility index (Phi) is 3.35. The van der Waals surface area contributed by atoms with E-state index in [0.29, 0.717) is 17.8 Å². The highest BCUT2D eigenvalue weighted by Gasteiger charge is 2.32. The third-order valence-electron chi connectivity index (χ3n) is 4.40. The molecule has 3 rings (SSSR count). The maximum Gasteiger partial charge on any atom is 0.279 e. The summed E-state index contributed by atoms with van der Waals surface area (Å²) in [4.78, 5) is 27.1. The summed E-state index contributed by atoms with van der Waals surface area (Å²) in [7, 11) is 1.58. The Morgan fingerprint density at radius 3 is 2.68 bits per heavy atom. The van der Waals surface area contributed by atoms with Crippen molar-refractivity contribution < 1.29 is 4.79 Å². The van der Waals surface area contributed by atoms with E-state index in [-0.39, 0.29) is 22.9 Å². The maximum atomic E-state index is 13.0. The number of anilines is 1. The predicted molar refractivity (Wildman–Crippen MR) is 85.5 cm³/mol. The second-order valence-electron chi connectivity index (χ2n) is 5.89. The lowest BCUT2D eigenvalue weighted by Crippen LogP contribution is -2.37. The molecule has 0 spiro atoms. The number of aryl methyl sites for hydroxylation is 2. The van der Waals surface area contributed by atoms with Gasteiger partial charge in [-0.2, -0.15) is 5.10 Å². The number of carbonyl (C=O) groups is 1. The second kappa shape index (κ2) is 5.09. The van der Waals surface area contributed by atoms with Crippen molar-refractivity contribution in [1.82, 2.24) is 9.78 Å². The van der Waals surface area contributed by atoms with Crippen molar-refractivity contribution in [3.05, 3.63) is 57.0 Å². The lowest BCUT2D eigenvalue weighted by Gasteiger charge is -2.19. The zero-order valence-corrected chi connectivity index (χ0v) is 13.3. The van der Waals surface area contributed by atoms with E-state index < -0.39 is 0 Å². The molecule has 0 bridgehead atoms. The number of hydrogen-bond donors (Lipinski definition) is 0. The Bertz CT molecular complexity index is 823. The molecule has 1 aliphatic rings. The molecule has 0 radical (unpaired) electrons. The molecular weight excluding hydrogens is 278 g/mol. The summed E-state index contributed by atoms with van der Waals surface area (Å²) in [6, 6.07) is 7.87. The van der Waals surface area contributed by atoms with Gasteiger partial charge in [-0.1, -0.05) is 25.1 Å². The van der Waals surface area contributed by atoms with Gasteiger partial charge < -0.3 is 4.90 Å². The molecule has 0 fully saturated rings. The van der Waals surface area contributed by atoms with Crippen molar-refractivity contribution in [1.29, 1.82) is 0 Å². The first kappa shape index (κ1) is 14.5. The van der Waals surface area contributed by atoms with Crippen LogP contribution >= 0.6 is 0 Å². The highest BCUT2D eigenvalue weighted by molar-refractivity contribution is 6.08. The van der Waals surface area contributed by atoms with Gasteiger partial charge in [0, 0.05) is 25.2 Å². The van der Waals surface area contributed by atoms with E-state index in [4.69, 9.17) is 0 Å². The van der Waals surface area contributed by atoms with Gasteiger partial charge in [0.25, 0.3) is 11.5 Å². The van der Waals surface area contributed by atoms with Crippen LogP contribution in [0.5, 0.6) is 0 Å². The molecule has 1 aromatic carbocycles. The molecule has 0 saturated carbocycles. The van der Waals surface area contributed by atoms with Gasteiger partial charge in [0.2, 0.25) is 0 Å². The molecule has 1 atom stereocenters. The fourth-order valence-electron chi connectivity index (χ4n) is 3.05. The Balaban J connectivity index is 2.13. The quantitative estimate of drug-likeness (QED) is 0.810. The van der Waals surface area contributed by atoms with Gasteiger partial charge in [0.15, 0.2) is 0 Å². The summed E-state index contributed by atoms with van der Waals surface area (Å²) < 4.78 is 1.24. The minimum absolute atomic E-state index is 0.221. The zero-order valence-electron chi connectivity index (χ0n) is 13.3. The molecule has 5 nitrogen and oxygen atoms in total. The predicted octanol–water partition coefficient (Wildman–Crippen LogP) is 2.16. The molecule has 1 aliphatic heterocycles. The maximum absolute atomic E-state index is 13.0. The molecule has 0 saturated heterocycles. The summed E-state index contributed by atoms with van der Waals surface area (Å²) in [5, 5.41) is 4.14. The number of amides is 1. The number of carbonyl (C=O) groups excluding carboxylic acids is 1. The fraction of sp³-hybridized carbons (Fsp3) is 0.353. The Morgan fingerprint density at radius 2 is 1.95 bits per heavy atom. The van der Waals surface area contributed by atoms with Gasteiger partial charge in [0.1, 0.15) is 5.56 Å². The first-order valence-corrected chi connectivity index (χ1v) is 7.37. The number of benzene rings is 1. The van der Waals surface area contributed by atoms with Crippen LogP contribution in [0.15, 0.2) is 29.1 Å². The van der Waals surface area contributed by atoms with Gasteiger partial charge >= 0.3 is 0 Å². The molecular formula is C17H19N3O2. The highest BCUT2D eigenvalue weighted by Crippen LogP contribution is 2.36. The molecule has 114 valence electrons. The van der Waals surface area contributed by atoms with Crippen molar-refractivity contribution in [3.8, 4) is 0 Å². The molecule has 0 unspecified atom stereocenters. The largest absolute Gasteiger partial charge is 0.307 e. The lowest BCUT2D eigenvalue weighted by atomic mass is 10.0. The summed E-state index contributed by atoms with van der Waals surface area (Å²) in [5.74, 6) is 0.0349. The first-order valence-electron chi connectivity index (χ1n) is 7.37. The summed E-state index contributed by atoms with van der Waals surface area (Å²) in [6.45, 7) is 6.28. The standard InChI is InChI=1S/C17H19N3O2/c1-10-9-20(14-8-6-5-7-13(10)14)17(22)15-11(2)12(3)18-19(4)16(15)21/h5-8,10H,9H2,1-4H3/t10-/m0/s1. The molecule has 1 amide bonds. The molecule has 0 N–H and O–H groups in total. The van der Waals surface area contributed by atoms with Crippen LogP contribution in [0.2, 0.25) is 0 Å². The van der Waals surface area contributed by atoms with Crippen LogP contribution in [0.1, 0.15) is 40.0 Å². The third kappa shape index (κ3) is 2.04. The smallest absolute Gasteiger partial charge is 0.279 e. The number of para-hydroxylation sites is 1. The normalized spacial score (nSPS) is 16.7. The Morgan fingerprint density at radius 1 is 1.27 bits per heavy atom. The van der Waals surface area contributed by atoms with Gasteiger partial charge in [-0.3, -0.25) is 9.59 Å². The van der Waals surface area contributed by atoms with E-state index >= 15 is 0 Å². The zero-order chi connectivity index (χ0) is 16.0. The van der Waals surface area contributed by atoms with Crippen LogP contribution in [0.3, 0.4) is 0 Å². The minimum Gasteiger partial charge on any atom is -0.307 e. The van der Waals surface area contributed by atoms with E-state index in [9.17, 15) is 9.59 Å². The highest BCUT2D eigenvalue weighted by atomic mass is 16.2. The van der Waals surface area contributed by atoms with Crippen LogP contribution in [-0.2, 0) is 7.05 Å².